The molecule has 0 bridgehead atoms. The molecule has 0 atom stereocenters. The lowest BCUT2D eigenvalue weighted by Crippen LogP contribution is -2.03. The maximum absolute atomic E-state index is 11.4. The number of aromatic hydroxyl groups is 1. The molecule has 0 unspecified atom stereocenters. The molecule has 0 spiro atoms. The van der Waals surface area contributed by atoms with Crippen LogP contribution in [0.5, 0.6) is 5.75 Å². The molecule has 0 aliphatic carbocycles. The van der Waals surface area contributed by atoms with Crippen molar-refractivity contribution in [1.82, 2.24) is 0 Å². The summed E-state index contributed by atoms with van der Waals surface area (Å²) in [5.41, 5.74) is 2.42. The fourth-order valence-electron chi connectivity index (χ4n) is 2.76. The van der Waals surface area contributed by atoms with E-state index in [0.717, 1.165) is 11.6 Å². The van der Waals surface area contributed by atoms with Crippen LogP contribution in [0.4, 0.5) is 28.4 Å². The highest BCUT2D eigenvalue weighted by Crippen LogP contribution is 2.30. The third kappa shape index (κ3) is 6.07. The van der Waals surface area contributed by atoms with Crippen LogP contribution in [-0.4, -0.2) is 23.0 Å². The monoisotopic (exact) mass is 442 g/mol. The van der Waals surface area contributed by atoms with Crippen LogP contribution in [0.25, 0.3) is 0 Å². The molecule has 0 saturated heterocycles. The van der Waals surface area contributed by atoms with Crippen molar-refractivity contribution >= 4 is 38.6 Å². The van der Waals surface area contributed by atoms with Gasteiger partial charge in [0.25, 0.3) is 15.8 Å². The molecule has 3 aromatic carbocycles. The van der Waals surface area contributed by atoms with Crippen molar-refractivity contribution in [3.63, 3.8) is 0 Å². The topological polar surface area (TPSA) is 154 Å². The fourth-order valence-corrected chi connectivity index (χ4v) is 3.37. The van der Waals surface area contributed by atoms with Gasteiger partial charge < -0.3 is 10.4 Å². The van der Waals surface area contributed by atoms with Gasteiger partial charge in [0, 0.05) is 11.8 Å². The van der Waals surface area contributed by atoms with Crippen molar-refractivity contribution in [2.75, 3.05) is 5.32 Å². The molecule has 11 heteroatoms. The molecule has 0 saturated carbocycles. The molecule has 0 aliphatic rings. The van der Waals surface area contributed by atoms with Gasteiger partial charge in [-0.2, -0.15) is 18.6 Å². The third-order valence-corrected chi connectivity index (χ3v) is 4.91. The van der Waals surface area contributed by atoms with Gasteiger partial charge in [-0.1, -0.05) is 6.07 Å². The summed E-state index contributed by atoms with van der Waals surface area (Å²) in [5, 5.41) is 32.0. The predicted molar refractivity (Wildman–Crippen MR) is 115 cm³/mol. The lowest BCUT2D eigenvalue weighted by atomic mass is 10.2. The van der Waals surface area contributed by atoms with Crippen LogP contribution in [0.1, 0.15) is 11.1 Å². The van der Waals surface area contributed by atoms with Gasteiger partial charge in [0.1, 0.15) is 17.2 Å². The zero-order chi connectivity index (χ0) is 22.6. The number of aryl methyl sites for hydroxylation is 1. The Bertz CT molecular complexity index is 1260. The summed E-state index contributed by atoms with van der Waals surface area (Å²) in [7, 11) is -4.30. The second-order valence-electron chi connectivity index (χ2n) is 6.68. The number of benzene rings is 3. The molecular formula is C20H18N4O6S. The summed E-state index contributed by atoms with van der Waals surface area (Å²) in [6.07, 6.45) is 0. The number of azo groups is 1. The van der Waals surface area contributed by atoms with Crippen LogP contribution in [0.2, 0.25) is 0 Å². The molecule has 10 nitrogen and oxygen atoms in total. The van der Waals surface area contributed by atoms with Gasteiger partial charge in [0.2, 0.25) is 0 Å². The van der Waals surface area contributed by atoms with Gasteiger partial charge in [0.15, 0.2) is 0 Å². The summed E-state index contributed by atoms with van der Waals surface area (Å²) in [4.78, 5) is 10.7. The number of phenols is 1. The molecule has 160 valence electrons. The smallest absolute Gasteiger partial charge is 0.292 e. The summed E-state index contributed by atoms with van der Waals surface area (Å²) < 4.78 is 31.0. The first kappa shape index (κ1) is 21.9. The second kappa shape index (κ2) is 8.90. The van der Waals surface area contributed by atoms with E-state index in [9.17, 15) is 23.6 Å². The van der Waals surface area contributed by atoms with Crippen LogP contribution in [-0.2, 0) is 15.9 Å². The van der Waals surface area contributed by atoms with Gasteiger partial charge in [-0.05, 0) is 66.6 Å². The molecule has 3 aromatic rings. The van der Waals surface area contributed by atoms with Crippen LogP contribution in [0, 0.1) is 17.0 Å². The number of hydrogen-bond acceptors (Lipinski definition) is 8. The maximum atomic E-state index is 11.4. The number of nitro groups is 1. The standard InChI is InChI=1S/C20H18N4O6S/c1-13-10-17(25)7-9-18(13)23-22-16-5-3-15(4-6-16)21-19-8-2-14(12-31(28,29)30)11-20(19)24(26)27/h2-11,21,25H,12H2,1H3,(H,28,29,30). The largest absolute Gasteiger partial charge is 0.508 e. The van der Waals surface area contributed by atoms with Crippen LogP contribution in [0.3, 0.4) is 0 Å². The molecule has 0 aromatic heterocycles. The van der Waals surface area contributed by atoms with Gasteiger partial charge in [-0.3, -0.25) is 14.7 Å². The first-order valence-corrected chi connectivity index (χ1v) is 10.5. The summed E-state index contributed by atoms with van der Waals surface area (Å²) in [6, 6.07) is 15.2. The fraction of sp³-hybridized carbons (Fsp3) is 0.100. The number of hydrogen-bond donors (Lipinski definition) is 3. The molecule has 0 fully saturated rings. The number of rotatable bonds is 7. The van der Waals surface area contributed by atoms with E-state index in [-0.39, 0.29) is 22.7 Å². The van der Waals surface area contributed by atoms with Crippen molar-refractivity contribution in [3.8, 4) is 5.75 Å². The molecule has 0 aliphatic heterocycles. The zero-order valence-corrected chi connectivity index (χ0v) is 17.1. The number of nitrogens with one attached hydrogen (secondary N) is 1. The highest BCUT2D eigenvalue weighted by atomic mass is 32.2. The predicted octanol–water partition coefficient (Wildman–Crippen LogP) is 5.16. The van der Waals surface area contributed by atoms with Crippen molar-refractivity contribution in [3.05, 3.63) is 81.9 Å². The lowest BCUT2D eigenvalue weighted by molar-refractivity contribution is -0.384. The zero-order valence-electron chi connectivity index (χ0n) is 16.3. The van der Waals surface area contributed by atoms with Gasteiger partial charge in [0.05, 0.1) is 16.3 Å². The Morgan fingerprint density at radius 1 is 1.03 bits per heavy atom. The minimum Gasteiger partial charge on any atom is -0.508 e. The Kier molecular flexibility index (Phi) is 6.28. The minimum absolute atomic E-state index is 0.0973. The second-order valence-corrected chi connectivity index (χ2v) is 8.13. The van der Waals surface area contributed by atoms with E-state index in [1.807, 2.05) is 0 Å². The maximum Gasteiger partial charge on any atom is 0.292 e. The van der Waals surface area contributed by atoms with Crippen molar-refractivity contribution < 1.29 is 23.0 Å². The number of phenolic OH excluding ortho intramolecular Hbond substituents is 1. The number of nitrogens with zero attached hydrogens (tertiary/aromatic N) is 3. The average molecular weight is 442 g/mol. The minimum atomic E-state index is -4.30. The Hall–Kier alpha value is -3.83. The van der Waals surface area contributed by atoms with Crippen molar-refractivity contribution in [1.29, 1.82) is 0 Å². The highest BCUT2D eigenvalue weighted by molar-refractivity contribution is 7.85. The Balaban J connectivity index is 1.77. The van der Waals surface area contributed by atoms with E-state index < -0.39 is 20.8 Å². The highest BCUT2D eigenvalue weighted by Gasteiger charge is 2.17. The lowest BCUT2D eigenvalue weighted by Gasteiger charge is -2.09. The van der Waals surface area contributed by atoms with E-state index in [0.29, 0.717) is 17.1 Å². The van der Waals surface area contributed by atoms with Gasteiger partial charge >= 0.3 is 0 Å². The molecule has 3 N–H and O–H groups in total. The van der Waals surface area contributed by atoms with Gasteiger partial charge in [-0.25, -0.2) is 0 Å². The number of nitro benzene ring substituents is 1. The molecular weight excluding hydrogens is 424 g/mol. The van der Waals surface area contributed by atoms with E-state index >= 15 is 0 Å². The van der Waals surface area contributed by atoms with Crippen LogP contribution >= 0.6 is 0 Å². The van der Waals surface area contributed by atoms with E-state index in [2.05, 4.69) is 15.5 Å². The average Bonchev–Trinajstić information content (AvgIpc) is 2.68. The van der Waals surface area contributed by atoms with Crippen molar-refractivity contribution in [2.24, 2.45) is 10.2 Å². The molecule has 0 heterocycles. The van der Waals surface area contributed by atoms with Crippen LogP contribution in [0.15, 0.2) is 70.9 Å². The Labute approximate surface area is 177 Å². The van der Waals surface area contributed by atoms with E-state index in [1.165, 1.54) is 18.2 Å². The Morgan fingerprint density at radius 2 is 1.74 bits per heavy atom. The van der Waals surface area contributed by atoms with E-state index in [1.54, 1.807) is 43.3 Å². The third-order valence-electron chi connectivity index (χ3n) is 4.21. The summed E-state index contributed by atoms with van der Waals surface area (Å²) in [5.74, 6) is -0.569. The molecule has 3 rings (SSSR count). The van der Waals surface area contributed by atoms with Crippen molar-refractivity contribution in [2.45, 2.75) is 12.7 Å². The summed E-state index contributed by atoms with van der Waals surface area (Å²) in [6.45, 7) is 1.80. The molecule has 0 radical (unpaired) electrons. The molecule has 0 amide bonds. The van der Waals surface area contributed by atoms with Crippen LogP contribution < -0.4 is 5.32 Å². The first-order chi connectivity index (χ1) is 14.6. The normalized spacial score (nSPS) is 11.5. The first-order valence-electron chi connectivity index (χ1n) is 8.92. The van der Waals surface area contributed by atoms with Gasteiger partial charge in [-0.15, -0.1) is 0 Å². The number of anilines is 2. The SMILES string of the molecule is Cc1cc(O)ccc1N=Nc1ccc(Nc2ccc(CS(=O)(=O)O)cc2[N+](=O)[O-])cc1. The van der Waals surface area contributed by atoms with E-state index in [4.69, 9.17) is 4.55 Å². The quantitative estimate of drug-likeness (QED) is 0.198. The summed E-state index contributed by atoms with van der Waals surface area (Å²) >= 11 is 0. The molecule has 31 heavy (non-hydrogen) atoms. The Morgan fingerprint density at radius 3 is 2.35 bits per heavy atom.